The van der Waals surface area contributed by atoms with Crippen LogP contribution in [0.4, 0.5) is 0 Å². The van der Waals surface area contributed by atoms with E-state index in [1.54, 1.807) is 37.5 Å². The number of amides is 1. The van der Waals surface area contributed by atoms with E-state index in [1.165, 1.54) is 11.0 Å². The van der Waals surface area contributed by atoms with Gasteiger partial charge in [0.1, 0.15) is 5.75 Å². The van der Waals surface area contributed by atoms with E-state index in [0.29, 0.717) is 12.4 Å². The molecule has 26 heavy (non-hydrogen) atoms. The van der Waals surface area contributed by atoms with E-state index < -0.39 is 6.04 Å². The van der Waals surface area contributed by atoms with E-state index in [-0.39, 0.29) is 18.3 Å². The van der Waals surface area contributed by atoms with Crippen molar-refractivity contribution in [2.45, 2.75) is 26.3 Å². The van der Waals surface area contributed by atoms with Gasteiger partial charge in [-0.25, -0.2) is 0 Å². The van der Waals surface area contributed by atoms with E-state index in [9.17, 15) is 9.59 Å². The second kappa shape index (κ2) is 9.77. The minimum Gasteiger partial charge on any atom is -0.497 e. The highest BCUT2D eigenvalue weighted by atomic mass is 32.1. The number of thiophene rings is 1. The van der Waals surface area contributed by atoms with E-state index >= 15 is 0 Å². The van der Waals surface area contributed by atoms with Crippen molar-refractivity contribution < 1.29 is 19.1 Å². The van der Waals surface area contributed by atoms with E-state index in [1.807, 2.05) is 37.3 Å². The van der Waals surface area contributed by atoms with Crippen LogP contribution in [0, 0.1) is 6.92 Å². The molecule has 1 heterocycles. The lowest BCUT2D eigenvalue weighted by Crippen LogP contribution is -2.29. The molecule has 6 heteroatoms. The molecular formula is C20H23NO4S. The summed E-state index contributed by atoms with van der Waals surface area (Å²) in [5.41, 5.74) is 0.783. The molecule has 0 saturated carbocycles. The molecule has 1 atom stereocenters. The minimum absolute atomic E-state index is 0.0543. The number of rotatable bonds is 8. The molecule has 2 aromatic rings. The predicted octanol–water partition coefficient (Wildman–Crippen LogP) is 3.89. The Kier molecular flexibility index (Phi) is 7.41. The monoisotopic (exact) mass is 373 g/mol. The lowest BCUT2D eigenvalue weighted by Gasteiger charge is -2.18. The first-order valence-corrected chi connectivity index (χ1v) is 9.18. The highest BCUT2D eigenvalue weighted by molar-refractivity contribution is 7.12. The van der Waals surface area contributed by atoms with Crippen LogP contribution in [-0.2, 0) is 14.3 Å². The Hall–Kier alpha value is -2.60. The van der Waals surface area contributed by atoms with E-state index in [2.05, 4.69) is 5.32 Å². The number of nitrogens with one attached hydrogen (secondary N) is 1. The van der Waals surface area contributed by atoms with Crippen LogP contribution in [0.2, 0.25) is 0 Å². The number of benzene rings is 1. The van der Waals surface area contributed by atoms with Crippen molar-refractivity contribution in [2.24, 2.45) is 0 Å². The molecule has 1 aromatic carbocycles. The summed E-state index contributed by atoms with van der Waals surface area (Å²) in [4.78, 5) is 26.4. The molecule has 1 N–H and O–H groups in total. The average Bonchev–Trinajstić information content (AvgIpc) is 3.05. The summed E-state index contributed by atoms with van der Waals surface area (Å²) in [6.45, 7) is 4.07. The molecule has 1 amide bonds. The van der Waals surface area contributed by atoms with Crippen LogP contribution in [0.1, 0.15) is 34.7 Å². The summed E-state index contributed by atoms with van der Waals surface area (Å²) < 4.78 is 10.3. The number of carbonyl (C=O) groups excluding carboxylic acids is 2. The first-order chi connectivity index (χ1) is 12.5. The quantitative estimate of drug-likeness (QED) is 0.563. The van der Waals surface area contributed by atoms with Crippen molar-refractivity contribution in [1.82, 2.24) is 5.32 Å². The number of ether oxygens (including phenoxy) is 2. The summed E-state index contributed by atoms with van der Waals surface area (Å²) >= 11 is 1.61. The summed E-state index contributed by atoms with van der Waals surface area (Å²) in [6, 6.07) is 10.8. The molecule has 0 aliphatic heterocycles. The second-order valence-electron chi connectivity index (χ2n) is 5.63. The first kappa shape index (κ1) is 19.7. The van der Waals surface area contributed by atoms with Gasteiger partial charge in [0.25, 0.3) is 0 Å². The van der Waals surface area contributed by atoms with Crippen LogP contribution < -0.4 is 10.1 Å². The normalized spacial score (nSPS) is 12.0. The fourth-order valence-corrected chi connectivity index (χ4v) is 3.20. The van der Waals surface area contributed by atoms with Gasteiger partial charge in [0.2, 0.25) is 5.91 Å². The zero-order chi connectivity index (χ0) is 18.9. The van der Waals surface area contributed by atoms with Crippen molar-refractivity contribution >= 4 is 29.3 Å². The third-order valence-corrected chi connectivity index (χ3v) is 4.61. The molecule has 0 aliphatic rings. The molecule has 2 rings (SSSR count). The van der Waals surface area contributed by atoms with Gasteiger partial charge in [-0.15, -0.1) is 11.3 Å². The Bertz CT molecular complexity index is 782. The third kappa shape index (κ3) is 6.04. The van der Waals surface area contributed by atoms with Gasteiger partial charge in [-0.3, -0.25) is 9.59 Å². The lowest BCUT2D eigenvalue weighted by molar-refractivity contribution is -0.143. The molecule has 0 saturated heterocycles. The maximum absolute atomic E-state index is 12.3. The smallest absolute Gasteiger partial charge is 0.308 e. The third-order valence-electron chi connectivity index (χ3n) is 3.65. The van der Waals surface area contributed by atoms with Crippen LogP contribution in [0.25, 0.3) is 6.08 Å². The van der Waals surface area contributed by atoms with Crippen molar-refractivity contribution in [3.63, 3.8) is 0 Å². The summed E-state index contributed by atoms with van der Waals surface area (Å²) in [6.07, 6.45) is 3.29. The SMILES string of the molecule is CCOC(=O)CC(NC(=O)C=Cc1ccc(C)s1)c1cccc(OC)c1. The van der Waals surface area contributed by atoms with Gasteiger partial charge in [-0.05, 0) is 49.8 Å². The average molecular weight is 373 g/mol. The van der Waals surface area contributed by atoms with Crippen LogP contribution in [0.5, 0.6) is 5.75 Å². The first-order valence-electron chi connectivity index (χ1n) is 8.36. The molecule has 138 valence electrons. The van der Waals surface area contributed by atoms with Crippen LogP contribution in [-0.4, -0.2) is 25.6 Å². The molecule has 0 aliphatic carbocycles. The molecule has 1 unspecified atom stereocenters. The van der Waals surface area contributed by atoms with Crippen molar-refractivity contribution in [3.05, 3.63) is 57.8 Å². The van der Waals surface area contributed by atoms with Gasteiger partial charge in [-0.2, -0.15) is 0 Å². The minimum atomic E-state index is -0.494. The van der Waals surface area contributed by atoms with E-state index in [4.69, 9.17) is 9.47 Å². The Morgan fingerprint density at radius 1 is 1.27 bits per heavy atom. The highest BCUT2D eigenvalue weighted by Gasteiger charge is 2.19. The summed E-state index contributed by atoms with van der Waals surface area (Å²) in [5, 5.41) is 2.87. The zero-order valence-electron chi connectivity index (χ0n) is 15.2. The van der Waals surface area contributed by atoms with Gasteiger partial charge in [0.15, 0.2) is 0 Å². The Morgan fingerprint density at radius 3 is 2.73 bits per heavy atom. The number of aryl methyl sites for hydroxylation is 1. The number of hydrogen-bond donors (Lipinski definition) is 1. The summed E-state index contributed by atoms with van der Waals surface area (Å²) in [7, 11) is 1.57. The maximum Gasteiger partial charge on any atom is 0.308 e. The number of hydrogen-bond acceptors (Lipinski definition) is 5. The standard InChI is InChI=1S/C20H23NO4S/c1-4-25-20(23)13-18(15-6-5-7-16(12-15)24-3)21-19(22)11-10-17-9-8-14(2)26-17/h5-12,18H,4,13H2,1-3H3,(H,21,22). The highest BCUT2D eigenvalue weighted by Crippen LogP contribution is 2.22. The Morgan fingerprint density at radius 2 is 2.08 bits per heavy atom. The molecule has 0 fully saturated rings. The molecule has 0 radical (unpaired) electrons. The predicted molar refractivity (Wildman–Crippen MR) is 103 cm³/mol. The van der Waals surface area contributed by atoms with E-state index in [0.717, 1.165) is 10.4 Å². The fourth-order valence-electron chi connectivity index (χ4n) is 2.42. The maximum atomic E-state index is 12.3. The van der Waals surface area contributed by atoms with Gasteiger partial charge in [-0.1, -0.05) is 12.1 Å². The van der Waals surface area contributed by atoms with Gasteiger partial charge >= 0.3 is 5.97 Å². The number of methoxy groups -OCH3 is 1. The van der Waals surface area contributed by atoms with Crippen molar-refractivity contribution in [1.29, 1.82) is 0 Å². The van der Waals surface area contributed by atoms with Gasteiger partial charge in [0, 0.05) is 15.8 Å². The molecule has 5 nitrogen and oxygen atoms in total. The topological polar surface area (TPSA) is 64.6 Å². The van der Waals surface area contributed by atoms with Gasteiger partial charge in [0.05, 0.1) is 26.2 Å². The van der Waals surface area contributed by atoms with Crippen molar-refractivity contribution in [3.8, 4) is 5.75 Å². The van der Waals surface area contributed by atoms with Gasteiger partial charge < -0.3 is 14.8 Å². The molecule has 1 aromatic heterocycles. The largest absolute Gasteiger partial charge is 0.497 e. The molecule has 0 bridgehead atoms. The van der Waals surface area contributed by atoms with Crippen LogP contribution >= 0.6 is 11.3 Å². The Balaban J connectivity index is 2.13. The van der Waals surface area contributed by atoms with Crippen LogP contribution in [0.15, 0.2) is 42.5 Å². The summed E-state index contributed by atoms with van der Waals surface area (Å²) in [5.74, 6) is 0.0295. The second-order valence-corrected chi connectivity index (χ2v) is 6.95. The van der Waals surface area contributed by atoms with Crippen molar-refractivity contribution in [2.75, 3.05) is 13.7 Å². The zero-order valence-corrected chi connectivity index (χ0v) is 16.0. The van der Waals surface area contributed by atoms with Crippen LogP contribution in [0.3, 0.4) is 0 Å². The lowest BCUT2D eigenvalue weighted by atomic mass is 10.0. The number of carbonyl (C=O) groups is 2. The molecule has 0 spiro atoms. The fraction of sp³-hybridized carbons (Fsp3) is 0.300. The molecular weight excluding hydrogens is 350 g/mol. The number of esters is 1. The Labute approximate surface area is 157 Å².